The van der Waals surface area contributed by atoms with Gasteiger partial charge in [0.25, 0.3) is 0 Å². The third kappa shape index (κ3) is 68.8. The molecule has 0 aromatic carbocycles. The summed E-state index contributed by atoms with van der Waals surface area (Å²) in [5.74, 6) is -0.826. The van der Waals surface area contributed by atoms with Crippen LogP contribution < -0.4 is 0 Å². The van der Waals surface area contributed by atoms with Crippen molar-refractivity contribution in [3.8, 4) is 0 Å². The van der Waals surface area contributed by atoms with Crippen molar-refractivity contribution in [1.29, 1.82) is 0 Å². The minimum absolute atomic E-state index is 0.0625. The van der Waals surface area contributed by atoms with Crippen molar-refractivity contribution < 1.29 is 28.6 Å². The zero-order valence-electron chi connectivity index (χ0n) is 55.4. The summed E-state index contributed by atoms with van der Waals surface area (Å²) < 4.78 is 17.0. The number of esters is 3. The molecular formula is C75H144O6. The van der Waals surface area contributed by atoms with Crippen molar-refractivity contribution in [3.63, 3.8) is 0 Å². The number of rotatable bonds is 70. The van der Waals surface area contributed by atoms with E-state index in [4.69, 9.17) is 14.2 Å². The lowest BCUT2D eigenvalue weighted by molar-refractivity contribution is -0.167. The highest BCUT2D eigenvalue weighted by Crippen LogP contribution is 2.19. The summed E-state index contributed by atoms with van der Waals surface area (Å²) in [5.41, 5.74) is 0. The first-order valence-electron chi connectivity index (χ1n) is 37.2. The Morgan fingerprint density at radius 1 is 0.235 bits per heavy atom. The molecule has 0 saturated heterocycles. The van der Waals surface area contributed by atoms with Gasteiger partial charge in [-0.1, -0.05) is 380 Å². The summed E-state index contributed by atoms with van der Waals surface area (Å²) in [6.07, 6.45) is 85.5. The molecule has 0 aromatic rings. The van der Waals surface area contributed by atoms with Crippen LogP contribution in [0, 0.1) is 0 Å². The molecule has 0 aliphatic carbocycles. The number of hydrogen-bond donors (Lipinski definition) is 0. The first kappa shape index (κ1) is 79.2. The van der Waals surface area contributed by atoms with E-state index in [0.29, 0.717) is 19.3 Å². The van der Waals surface area contributed by atoms with Crippen molar-refractivity contribution in [3.05, 3.63) is 12.2 Å². The lowest BCUT2D eigenvalue weighted by Gasteiger charge is -2.18. The molecular weight excluding hydrogens is 997 g/mol. The van der Waals surface area contributed by atoms with Gasteiger partial charge < -0.3 is 14.2 Å². The molecule has 1 atom stereocenters. The Morgan fingerprint density at radius 3 is 0.617 bits per heavy atom. The fraction of sp³-hybridized carbons (Fsp3) is 0.933. The van der Waals surface area contributed by atoms with Gasteiger partial charge in [0.05, 0.1) is 0 Å². The molecule has 0 fully saturated rings. The van der Waals surface area contributed by atoms with E-state index in [0.717, 1.165) is 57.8 Å². The van der Waals surface area contributed by atoms with Crippen molar-refractivity contribution in [2.45, 2.75) is 438 Å². The lowest BCUT2D eigenvalue weighted by atomic mass is 10.0. The van der Waals surface area contributed by atoms with Crippen LogP contribution in [0.25, 0.3) is 0 Å². The van der Waals surface area contributed by atoms with E-state index >= 15 is 0 Å². The van der Waals surface area contributed by atoms with E-state index in [9.17, 15) is 14.4 Å². The third-order valence-corrected chi connectivity index (χ3v) is 17.3. The maximum Gasteiger partial charge on any atom is 0.306 e. The number of allylic oxidation sites excluding steroid dienone is 2. The average Bonchev–Trinajstić information content (AvgIpc) is 3.47. The first-order chi connectivity index (χ1) is 40.0. The van der Waals surface area contributed by atoms with E-state index in [2.05, 4.69) is 32.9 Å². The summed E-state index contributed by atoms with van der Waals surface area (Å²) >= 11 is 0. The maximum atomic E-state index is 13.0. The molecule has 81 heavy (non-hydrogen) atoms. The van der Waals surface area contributed by atoms with Gasteiger partial charge in [-0.2, -0.15) is 0 Å². The fourth-order valence-electron chi connectivity index (χ4n) is 11.7. The highest BCUT2D eigenvalue weighted by atomic mass is 16.6. The lowest BCUT2D eigenvalue weighted by Crippen LogP contribution is -2.30. The van der Waals surface area contributed by atoms with Gasteiger partial charge in [-0.25, -0.2) is 0 Å². The second kappa shape index (κ2) is 70.6. The predicted molar refractivity (Wildman–Crippen MR) is 353 cm³/mol. The number of hydrogen-bond acceptors (Lipinski definition) is 6. The van der Waals surface area contributed by atoms with Gasteiger partial charge in [0.2, 0.25) is 0 Å². The highest BCUT2D eigenvalue weighted by Gasteiger charge is 2.20. The minimum atomic E-state index is -0.766. The second-order valence-electron chi connectivity index (χ2n) is 25.6. The maximum absolute atomic E-state index is 13.0. The van der Waals surface area contributed by atoms with Gasteiger partial charge in [0, 0.05) is 19.3 Å². The van der Waals surface area contributed by atoms with Gasteiger partial charge in [-0.3, -0.25) is 14.4 Å². The molecule has 0 N–H and O–H groups in total. The Balaban J connectivity index is 4.16. The Hall–Kier alpha value is -1.85. The summed E-state index contributed by atoms with van der Waals surface area (Å²) in [4.78, 5) is 38.4. The van der Waals surface area contributed by atoms with Crippen LogP contribution in [0.5, 0.6) is 0 Å². The standard InChI is InChI=1S/C75H144O6/c1-4-7-10-13-16-19-22-25-27-29-31-33-35-37-39-40-42-44-46-48-50-53-56-59-62-65-68-74(77)80-71-72(70-79-73(76)67-64-61-58-55-52-24-21-18-15-12-9-6-3)81-75(78)69-66-63-60-57-54-51-49-47-45-43-41-38-36-34-32-30-28-26-23-20-17-14-11-8-5-2/h30,32,72H,4-29,31,33-71H2,1-3H3/b32-30-. The highest BCUT2D eigenvalue weighted by molar-refractivity contribution is 5.71. The topological polar surface area (TPSA) is 78.9 Å². The molecule has 0 rings (SSSR count). The average molecular weight is 1140 g/mol. The molecule has 0 heterocycles. The molecule has 0 spiro atoms. The van der Waals surface area contributed by atoms with Crippen LogP contribution in [-0.2, 0) is 28.6 Å². The van der Waals surface area contributed by atoms with Crippen molar-refractivity contribution in [2.75, 3.05) is 13.2 Å². The zero-order chi connectivity index (χ0) is 58.5. The van der Waals surface area contributed by atoms with Crippen LogP contribution in [0.2, 0.25) is 0 Å². The quantitative estimate of drug-likeness (QED) is 0.0261. The van der Waals surface area contributed by atoms with Crippen LogP contribution >= 0.6 is 0 Å². The Morgan fingerprint density at radius 2 is 0.407 bits per heavy atom. The number of unbranched alkanes of at least 4 members (excludes halogenated alkanes) is 57. The Bertz CT molecular complexity index is 1260. The molecule has 0 aliphatic heterocycles. The van der Waals surface area contributed by atoms with Gasteiger partial charge in [-0.05, 0) is 44.9 Å². The molecule has 0 saturated carbocycles. The van der Waals surface area contributed by atoms with E-state index in [1.54, 1.807) is 0 Å². The molecule has 0 bridgehead atoms. The smallest absolute Gasteiger partial charge is 0.306 e. The predicted octanol–water partition coefficient (Wildman–Crippen LogP) is 25.6. The van der Waals surface area contributed by atoms with Gasteiger partial charge in [0.15, 0.2) is 6.10 Å². The second-order valence-corrected chi connectivity index (χ2v) is 25.6. The molecule has 6 nitrogen and oxygen atoms in total. The molecule has 0 radical (unpaired) electrons. The van der Waals surface area contributed by atoms with E-state index in [-0.39, 0.29) is 31.1 Å². The van der Waals surface area contributed by atoms with Crippen molar-refractivity contribution >= 4 is 17.9 Å². The van der Waals surface area contributed by atoms with E-state index in [1.165, 1.54) is 334 Å². The van der Waals surface area contributed by atoms with Crippen molar-refractivity contribution in [1.82, 2.24) is 0 Å². The van der Waals surface area contributed by atoms with Gasteiger partial charge in [0.1, 0.15) is 13.2 Å². The van der Waals surface area contributed by atoms with Crippen LogP contribution in [0.15, 0.2) is 12.2 Å². The molecule has 0 aliphatic rings. The number of carbonyl (C=O) groups excluding carboxylic acids is 3. The monoisotopic (exact) mass is 1140 g/mol. The summed E-state index contributed by atoms with van der Waals surface area (Å²) in [6.45, 7) is 6.73. The SMILES string of the molecule is CCCCCCCCCC/C=C\CCCCCCCCCCCCCCCC(=O)OC(COC(=O)CCCCCCCCCCCCCC)COC(=O)CCCCCCCCCCCCCCCCCCCCCCCCCCCC. The molecule has 1 unspecified atom stereocenters. The summed E-state index contributed by atoms with van der Waals surface area (Å²) in [5, 5.41) is 0. The molecule has 480 valence electrons. The molecule has 0 amide bonds. The van der Waals surface area contributed by atoms with E-state index < -0.39 is 6.10 Å². The van der Waals surface area contributed by atoms with Gasteiger partial charge in [-0.15, -0.1) is 0 Å². The summed E-state index contributed by atoms with van der Waals surface area (Å²) in [7, 11) is 0. The first-order valence-corrected chi connectivity index (χ1v) is 37.2. The Kier molecular flexibility index (Phi) is 69.0. The normalized spacial score (nSPS) is 12.0. The minimum Gasteiger partial charge on any atom is -0.462 e. The Labute approximate surface area is 507 Å². The largest absolute Gasteiger partial charge is 0.462 e. The number of ether oxygens (including phenoxy) is 3. The van der Waals surface area contributed by atoms with E-state index in [1.807, 2.05) is 0 Å². The fourth-order valence-corrected chi connectivity index (χ4v) is 11.7. The van der Waals surface area contributed by atoms with Crippen molar-refractivity contribution in [2.24, 2.45) is 0 Å². The third-order valence-electron chi connectivity index (χ3n) is 17.3. The summed E-state index contributed by atoms with van der Waals surface area (Å²) in [6, 6.07) is 0. The zero-order valence-corrected chi connectivity index (χ0v) is 55.4. The van der Waals surface area contributed by atoms with Crippen LogP contribution in [0.1, 0.15) is 432 Å². The van der Waals surface area contributed by atoms with Crippen LogP contribution in [-0.4, -0.2) is 37.2 Å². The van der Waals surface area contributed by atoms with Crippen LogP contribution in [0.4, 0.5) is 0 Å². The molecule has 0 aromatic heterocycles. The number of carbonyl (C=O) groups is 3. The van der Waals surface area contributed by atoms with Crippen LogP contribution in [0.3, 0.4) is 0 Å². The molecule has 6 heteroatoms. The van der Waals surface area contributed by atoms with Gasteiger partial charge >= 0.3 is 17.9 Å².